The van der Waals surface area contributed by atoms with Crippen molar-refractivity contribution in [2.45, 2.75) is 113 Å². The van der Waals surface area contributed by atoms with Gasteiger partial charge in [-0.25, -0.2) is 4.79 Å². The molecule has 0 aromatic heterocycles. The largest absolute Gasteiger partial charge is 0.481 e. The minimum atomic E-state index is -2.05. The Bertz CT molecular complexity index is 1870. The maximum absolute atomic E-state index is 13.8. The molecule has 0 aromatic carbocycles. The highest BCUT2D eigenvalue weighted by molar-refractivity contribution is 5.99. The lowest BCUT2D eigenvalue weighted by molar-refractivity contribution is -0.144. The Morgan fingerprint density at radius 1 is 0.362 bits per heavy atom. The van der Waals surface area contributed by atoms with Gasteiger partial charge in [0.1, 0.15) is 36.3 Å². The van der Waals surface area contributed by atoms with Crippen LogP contribution >= 0.6 is 0 Å². The second kappa shape index (κ2) is 32.4. The third kappa shape index (κ3) is 28.4. The van der Waals surface area contributed by atoms with E-state index in [2.05, 4.69) is 53.2 Å². The highest BCUT2D eigenvalue weighted by atomic mass is 16.4. The number of guanidine groups is 4. The number of nitrogens with two attached hydrogens (primary N) is 5. The molecule has 0 saturated heterocycles. The van der Waals surface area contributed by atoms with E-state index in [1.165, 1.54) is 0 Å². The van der Waals surface area contributed by atoms with Crippen molar-refractivity contribution in [3.05, 3.63) is 0 Å². The lowest BCUT2D eigenvalue weighted by atomic mass is 10.0. The normalized spacial score (nSPS) is 13.6. The number of carboxylic acid groups (broad SMARTS) is 4. The zero-order valence-electron chi connectivity index (χ0n) is 37.4. The second-order valence-corrected chi connectivity index (χ2v) is 15.0. The molecule has 0 aliphatic rings. The molecule has 0 rings (SSSR count). The van der Waals surface area contributed by atoms with Crippen LogP contribution < -0.4 is 81.8 Å². The molecule has 7 atom stereocenters. The molecule has 33 nitrogen and oxygen atoms in total. The van der Waals surface area contributed by atoms with E-state index in [9.17, 15) is 68.4 Å². The summed E-state index contributed by atoms with van der Waals surface area (Å²) in [6.07, 6.45) is -4.03. The minimum Gasteiger partial charge on any atom is -0.481 e. The van der Waals surface area contributed by atoms with Gasteiger partial charge in [0, 0.05) is 26.2 Å². The lowest BCUT2D eigenvalue weighted by Gasteiger charge is -2.27. The van der Waals surface area contributed by atoms with E-state index in [-0.39, 0.29) is 83.5 Å². The Labute approximate surface area is 393 Å². The summed E-state index contributed by atoms with van der Waals surface area (Å²) in [7, 11) is 0. The van der Waals surface area contributed by atoms with Gasteiger partial charge in [-0.15, -0.1) is 0 Å². The van der Waals surface area contributed by atoms with Gasteiger partial charge in [-0.1, -0.05) is 0 Å². The molecule has 0 heterocycles. The Morgan fingerprint density at radius 2 is 0.594 bits per heavy atom. The minimum absolute atomic E-state index is 0.00104. The second-order valence-electron chi connectivity index (χ2n) is 15.0. The molecule has 69 heavy (non-hydrogen) atoms. The van der Waals surface area contributed by atoms with E-state index in [0.717, 1.165) is 0 Å². The average molecular weight is 988 g/mol. The molecule has 388 valence electrons. The Hall–Kier alpha value is -8.26. The number of carbonyl (C=O) groups is 10. The van der Waals surface area contributed by atoms with Gasteiger partial charge in [-0.3, -0.25) is 64.8 Å². The molecule has 0 spiro atoms. The summed E-state index contributed by atoms with van der Waals surface area (Å²) in [5, 5.41) is 90.5. The van der Waals surface area contributed by atoms with E-state index >= 15 is 0 Å². The van der Waals surface area contributed by atoms with Crippen molar-refractivity contribution in [2.75, 3.05) is 26.2 Å². The monoisotopic (exact) mass is 987 g/mol. The van der Waals surface area contributed by atoms with E-state index in [1.807, 2.05) is 0 Å². The van der Waals surface area contributed by atoms with E-state index in [0.29, 0.717) is 0 Å². The van der Waals surface area contributed by atoms with Gasteiger partial charge in [0.2, 0.25) is 35.4 Å². The smallest absolute Gasteiger partial charge is 0.326 e. The lowest BCUT2D eigenvalue weighted by Crippen LogP contribution is -2.60. The molecule has 6 amide bonds. The first kappa shape index (κ1) is 60.7. The van der Waals surface area contributed by atoms with Crippen LogP contribution in [0.25, 0.3) is 0 Å². The van der Waals surface area contributed by atoms with Crippen molar-refractivity contribution < 1.29 is 68.4 Å². The quantitative estimate of drug-likeness (QED) is 0.0159. The fourth-order valence-corrected chi connectivity index (χ4v) is 5.85. The molecule has 33 heteroatoms. The molecule has 0 saturated carbocycles. The van der Waals surface area contributed by atoms with Crippen LogP contribution in [0.3, 0.4) is 0 Å². The molecular formula is C36H65N19O14. The molecule has 28 N–H and O–H groups in total. The van der Waals surface area contributed by atoms with Gasteiger partial charge in [-0.2, -0.15) is 0 Å². The molecular weight excluding hydrogens is 923 g/mol. The molecule has 0 fully saturated rings. The molecule has 0 unspecified atom stereocenters. The van der Waals surface area contributed by atoms with Gasteiger partial charge >= 0.3 is 23.9 Å². The van der Waals surface area contributed by atoms with Crippen molar-refractivity contribution in [3.63, 3.8) is 0 Å². The predicted molar refractivity (Wildman–Crippen MR) is 241 cm³/mol. The van der Waals surface area contributed by atoms with Gasteiger partial charge in [0.25, 0.3) is 0 Å². The highest BCUT2D eigenvalue weighted by Crippen LogP contribution is 2.08. The van der Waals surface area contributed by atoms with Crippen LogP contribution in [0.5, 0.6) is 0 Å². The number of amides is 6. The topological polar surface area (TPSA) is 597 Å². The van der Waals surface area contributed by atoms with E-state index < -0.39 is 139 Å². The Kier molecular flexibility index (Phi) is 28.5. The Balaban J connectivity index is 6.65. The van der Waals surface area contributed by atoms with Gasteiger partial charge in [0.05, 0.1) is 25.3 Å². The van der Waals surface area contributed by atoms with Crippen molar-refractivity contribution in [3.8, 4) is 0 Å². The molecule has 0 aliphatic heterocycles. The standard InChI is InChI=1S/C36H65N19O14/c37-16(5-1-9-46-33(38)39)26(62)53-20(13-23(56)57)29(65)50-17(6-2-10-47-34(40)41)27(63)54-21(14-24(58)59)30(66)51-18(7-3-11-48-35(42)43)28(64)55-22(15-25(60)61)31(67)52-19(32(68)69)8-4-12-49-36(44)45/h16-22H,1-15,37H2,(H,50,65)(H,51,66)(H,52,67)(H,53,62)(H,54,63)(H,55,64)(H,56,57)(H,58,59)(H,60,61)(H,68,69)(H4,38,39,46)(H4,40,41,47)(H4,42,43,48)(H4,44,45,49)/t16-,17-,18-,19-,20-,21-,22-/m0/s1. The average Bonchev–Trinajstić information content (AvgIpc) is 3.23. The van der Waals surface area contributed by atoms with Crippen molar-refractivity contribution in [1.82, 2.24) is 53.2 Å². The number of nitrogens with one attached hydrogen (secondary N) is 14. The van der Waals surface area contributed by atoms with E-state index in [4.69, 9.17) is 50.3 Å². The summed E-state index contributed by atoms with van der Waals surface area (Å²) < 4.78 is 0. The fourth-order valence-electron chi connectivity index (χ4n) is 5.85. The first-order valence-electron chi connectivity index (χ1n) is 21.0. The number of hydrogen-bond acceptors (Lipinski definition) is 15. The molecule has 0 aliphatic carbocycles. The summed E-state index contributed by atoms with van der Waals surface area (Å²) in [4.78, 5) is 128. The number of carbonyl (C=O) groups excluding carboxylic acids is 6. The number of carboxylic acids is 4. The van der Waals surface area contributed by atoms with Crippen LogP contribution in [0.15, 0.2) is 0 Å². The fraction of sp³-hybridized carbons (Fsp3) is 0.611. The van der Waals surface area contributed by atoms with Crippen LogP contribution in [0, 0.1) is 21.6 Å². The van der Waals surface area contributed by atoms with Gasteiger partial charge in [0.15, 0.2) is 23.8 Å². The highest BCUT2D eigenvalue weighted by Gasteiger charge is 2.35. The molecule has 0 aromatic rings. The Morgan fingerprint density at radius 3 is 0.870 bits per heavy atom. The van der Waals surface area contributed by atoms with Gasteiger partial charge < -0.3 is 102 Å². The number of rotatable bonds is 35. The van der Waals surface area contributed by atoms with Crippen LogP contribution in [0.4, 0.5) is 0 Å². The van der Waals surface area contributed by atoms with Crippen molar-refractivity contribution in [1.29, 1.82) is 21.6 Å². The summed E-state index contributed by atoms with van der Waals surface area (Å²) in [5.74, 6) is -15.4. The maximum Gasteiger partial charge on any atom is 0.326 e. The van der Waals surface area contributed by atoms with E-state index in [1.54, 1.807) is 0 Å². The summed E-state index contributed by atoms with van der Waals surface area (Å²) in [6, 6.07) is -12.2. The summed E-state index contributed by atoms with van der Waals surface area (Å²) in [6.45, 7) is 0.0394. The first-order valence-corrected chi connectivity index (χ1v) is 21.0. The first-order chi connectivity index (χ1) is 32.2. The van der Waals surface area contributed by atoms with Crippen molar-refractivity contribution in [2.24, 2.45) is 28.7 Å². The van der Waals surface area contributed by atoms with Gasteiger partial charge in [-0.05, 0) is 51.4 Å². The van der Waals surface area contributed by atoms with Crippen LogP contribution in [0.2, 0.25) is 0 Å². The SMILES string of the molecule is N=C(N)NCCC[C@H](NC(=O)[C@H](CC(=O)O)NC(=O)[C@H](CCCNC(=N)N)NC(=O)[C@H](CC(=O)O)NC(=O)[C@H](CCCNC(=N)N)NC(=O)[C@H](CC(=O)O)NC(=O)[C@@H](N)CCCNC(=N)N)C(=O)O. The zero-order chi connectivity index (χ0) is 52.8. The zero-order valence-corrected chi connectivity index (χ0v) is 37.4. The molecule has 0 radical (unpaired) electrons. The van der Waals surface area contributed by atoms with Crippen LogP contribution in [-0.2, 0) is 47.9 Å². The van der Waals surface area contributed by atoms with Crippen LogP contribution in [-0.4, -0.2) is 172 Å². The third-order valence-electron chi connectivity index (χ3n) is 9.21. The maximum atomic E-state index is 13.8. The summed E-state index contributed by atoms with van der Waals surface area (Å²) in [5.41, 5.74) is 26.9. The third-order valence-corrected chi connectivity index (χ3v) is 9.21. The molecule has 0 bridgehead atoms. The van der Waals surface area contributed by atoms with Crippen LogP contribution in [0.1, 0.15) is 70.6 Å². The summed E-state index contributed by atoms with van der Waals surface area (Å²) >= 11 is 0. The number of aliphatic carboxylic acids is 4. The van der Waals surface area contributed by atoms with Crippen molar-refractivity contribution >= 4 is 83.2 Å². The predicted octanol–water partition coefficient (Wildman–Crippen LogP) is -8.22. The number of hydrogen-bond donors (Lipinski definition) is 23.